The van der Waals surface area contributed by atoms with Crippen molar-refractivity contribution in [2.24, 2.45) is 0 Å². The number of ether oxygens (including phenoxy) is 1. The number of fused-ring (bicyclic) bond motifs is 1. The Balaban J connectivity index is 1.77. The van der Waals surface area contributed by atoms with Crippen LogP contribution in [0.25, 0.3) is 19.8 Å². The molecule has 0 aliphatic carbocycles. The maximum atomic E-state index is 6.05. The molecular weight excluding hydrogens is 296 g/mol. The van der Waals surface area contributed by atoms with Gasteiger partial charge in [-0.25, -0.2) is 0 Å². The Morgan fingerprint density at radius 3 is 2.43 bits per heavy atom. The van der Waals surface area contributed by atoms with E-state index in [1.807, 2.05) is 53.8 Å². The molecule has 2 aromatic carbocycles. The van der Waals surface area contributed by atoms with Gasteiger partial charge in [0.1, 0.15) is 11.5 Å². The summed E-state index contributed by atoms with van der Waals surface area (Å²) in [5.74, 6) is 1.76. The molecule has 1 nitrogen and oxygen atoms in total. The second-order valence-corrected chi connectivity index (χ2v) is 6.70. The lowest BCUT2D eigenvalue weighted by molar-refractivity contribution is 0.484. The monoisotopic (exact) mass is 308 g/mol. The Hall–Kier alpha value is -2.10. The molecule has 0 bridgehead atoms. The molecule has 0 aliphatic heterocycles. The molecule has 0 saturated carbocycles. The summed E-state index contributed by atoms with van der Waals surface area (Å²) in [5.41, 5.74) is 1.15. The number of thiophene rings is 2. The molecule has 0 amide bonds. The van der Waals surface area contributed by atoms with Crippen LogP contribution in [0.2, 0.25) is 0 Å². The molecule has 0 spiro atoms. The van der Waals surface area contributed by atoms with Gasteiger partial charge in [0.15, 0.2) is 0 Å². The van der Waals surface area contributed by atoms with E-state index in [0.29, 0.717) is 0 Å². The van der Waals surface area contributed by atoms with Gasteiger partial charge in [0, 0.05) is 19.8 Å². The highest BCUT2D eigenvalue weighted by molar-refractivity contribution is 7.28. The van der Waals surface area contributed by atoms with Gasteiger partial charge in [-0.2, -0.15) is 0 Å². The van der Waals surface area contributed by atoms with Crippen molar-refractivity contribution in [2.45, 2.75) is 0 Å². The number of hydrogen-bond donors (Lipinski definition) is 0. The second-order valence-electron chi connectivity index (χ2n) is 4.67. The summed E-state index contributed by atoms with van der Waals surface area (Å²) < 4.78 is 8.72. The van der Waals surface area contributed by atoms with E-state index in [4.69, 9.17) is 4.74 Å². The number of rotatable bonds is 3. The summed E-state index contributed by atoms with van der Waals surface area (Å²) in [4.78, 5) is 1.25. The Bertz CT molecular complexity index is 846. The number of para-hydroxylation sites is 2. The molecule has 0 radical (unpaired) electrons. The zero-order valence-electron chi connectivity index (χ0n) is 11.2. The first-order chi connectivity index (χ1) is 10.4. The van der Waals surface area contributed by atoms with Gasteiger partial charge >= 0.3 is 0 Å². The van der Waals surface area contributed by atoms with Gasteiger partial charge < -0.3 is 4.74 Å². The third kappa shape index (κ3) is 2.46. The topological polar surface area (TPSA) is 9.23 Å². The fourth-order valence-corrected chi connectivity index (χ4v) is 4.41. The predicted octanol–water partition coefficient (Wildman–Crippen LogP) is 6.42. The van der Waals surface area contributed by atoms with Crippen molar-refractivity contribution in [3.05, 3.63) is 72.1 Å². The smallest absolute Gasteiger partial charge is 0.136 e. The van der Waals surface area contributed by atoms with Gasteiger partial charge in [-0.1, -0.05) is 30.3 Å². The van der Waals surface area contributed by atoms with Crippen LogP contribution in [-0.4, -0.2) is 0 Å². The molecule has 0 atom stereocenters. The van der Waals surface area contributed by atoms with E-state index in [1.54, 1.807) is 11.3 Å². The fraction of sp³-hybridized carbons (Fsp3) is 0. The minimum absolute atomic E-state index is 0.864. The Morgan fingerprint density at radius 1 is 0.762 bits per heavy atom. The third-order valence-electron chi connectivity index (χ3n) is 3.26. The van der Waals surface area contributed by atoms with Gasteiger partial charge in [0.25, 0.3) is 0 Å². The average molecular weight is 308 g/mol. The molecule has 0 unspecified atom stereocenters. The Kier molecular flexibility index (Phi) is 3.22. The molecule has 4 rings (SSSR count). The molecule has 3 heteroatoms. The van der Waals surface area contributed by atoms with Crippen LogP contribution in [0.3, 0.4) is 0 Å². The van der Waals surface area contributed by atoms with E-state index < -0.39 is 0 Å². The lowest BCUT2D eigenvalue weighted by Gasteiger charge is -2.09. The first-order valence-corrected chi connectivity index (χ1v) is 8.39. The van der Waals surface area contributed by atoms with Crippen LogP contribution in [0.15, 0.2) is 72.1 Å². The summed E-state index contributed by atoms with van der Waals surface area (Å²) >= 11 is 3.59. The lowest BCUT2D eigenvalue weighted by atomic mass is 10.1. The quantitative estimate of drug-likeness (QED) is 0.424. The minimum atomic E-state index is 0.864. The van der Waals surface area contributed by atoms with Crippen molar-refractivity contribution in [2.75, 3.05) is 0 Å². The van der Waals surface area contributed by atoms with Gasteiger partial charge in [-0.15, -0.1) is 22.7 Å². The maximum absolute atomic E-state index is 6.05. The standard InChI is InChI=1S/C18H12OS2/c1-2-6-13(7-3-1)19-15-9-5-4-8-14(15)17-12-18-16(21-17)10-11-20-18/h1-12H. The van der Waals surface area contributed by atoms with Crippen molar-refractivity contribution in [1.82, 2.24) is 0 Å². The van der Waals surface area contributed by atoms with E-state index in [2.05, 4.69) is 29.6 Å². The Morgan fingerprint density at radius 2 is 1.57 bits per heavy atom. The molecule has 0 fully saturated rings. The molecule has 0 N–H and O–H groups in total. The summed E-state index contributed by atoms with van der Waals surface area (Å²) in [6.45, 7) is 0. The van der Waals surface area contributed by atoms with Gasteiger partial charge in [0.2, 0.25) is 0 Å². The summed E-state index contributed by atoms with van der Waals surface area (Å²) in [6, 6.07) is 22.5. The molecule has 102 valence electrons. The highest BCUT2D eigenvalue weighted by Gasteiger charge is 2.10. The zero-order chi connectivity index (χ0) is 14.1. The summed E-state index contributed by atoms with van der Waals surface area (Å²) in [5, 5.41) is 2.14. The van der Waals surface area contributed by atoms with Crippen molar-refractivity contribution < 1.29 is 4.74 Å². The van der Waals surface area contributed by atoms with Crippen LogP contribution in [0.4, 0.5) is 0 Å². The highest BCUT2D eigenvalue weighted by Crippen LogP contribution is 2.41. The van der Waals surface area contributed by atoms with E-state index in [1.165, 1.54) is 14.3 Å². The molecule has 2 aromatic heterocycles. The minimum Gasteiger partial charge on any atom is -0.457 e. The third-order valence-corrected chi connectivity index (χ3v) is 5.39. The number of benzene rings is 2. The zero-order valence-corrected chi connectivity index (χ0v) is 12.8. The second kappa shape index (κ2) is 5.35. The van der Waals surface area contributed by atoms with Crippen molar-refractivity contribution in [3.63, 3.8) is 0 Å². The van der Waals surface area contributed by atoms with E-state index in [-0.39, 0.29) is 0 Å². The van der Waals surface area contributed by atoms with Gasteiger partial charge in [0.05, 0.1) is 0 Å². The highest BCUT2D eigenvalue weighted by atomic mass is 32.1. The molecular formula is C18H12OS2. The first-order valence-electron chi connectivity index (χ1n) is 6.69. The average Bonchev–Trinajstić information content (AvgIpc) is 3.10. The van der Waals surface area contributed by atoms with Crippen molar-refractivity contribution >= 4 is 32.1 Å². The molecule has 4 aromatic rings. The fourth-order valence-electron chi connectivity index (χ4n) is 2.27. The van der Waals surface area contributed by atoms with Gasteiger partial charge in [-0.05, 0) is 41.8 Å². The lowest BCUT2D eigenvalue weighted by Crippen LogP contribution is -1.86. The van der Waals surface area contributed by atoms with Crippen LogP contribution in [0.1, 0.15) is 0 Å². The molecule has 0 aliphatic rings. The SMILES string of the molecule is c1ccc(Oc2ccccc2-c2cc3sccc3s2)cc1. The van der Waals surface area contributed by atoms with E-state index >= 15 is 0 Å². The molecule has 21 heavy (non-hydrogen) atoms. The van der Waals surface area contributed by atoms with Crippen LogP contribution in [0.5, 0.6) is 11.5 Å². The number of hydrogen-bond acceptors (Lipinski definition) is 3. The van der Waals surface area contributed by atoms with Gasteiger partial charge in [-0.3, -0.25) is 0 Å². The van der Waals surface area contributed by atoms with E-state index in [0.717, 1.165) is 17.1 Å². The van der Waals surface area contributed by atoms with E-state index in [9.17, 15) is 0 Å². The van der Waals surface area contributed by atoms with Crippen LogP contribution in [0, 0.1) is 0 Å². The van der Waals surface area contributed by atoms with Crippen LogP contribution < -0.4 is 4.74 Å². The molecule has 0 saturated heterocycles. The summed E-state index contributed by atoms with van der Waals surface area (Å²) in [6.07, 6.45) is 0. The largest absolute Gasteiger partial charge is 0.457 e. The Labute approximate surface area is 131 Å². The predicted molar refractivity (Wildman–Crippen MR) is 91.7 cm³/mol. The molecule has 2 heterocycles. The first kappa shape index (κ1) is 12.6. The normalized spacial score (nSPS) is 10.9. The van der Waals surface area contributed by atoms with Crippen molar-refractivity contribution in [3.8, 4) is 21.9 Å². The summed E-state index contributed by atoms with van der Waals surface area (Å²) in [7, 11) is 0. The van der Waals surface area contributed by atoms with Crippen LogP contribution >= 0.6 is 22.7 Å². The van der Waals surface area contributed by atoms with Crippen LogP contribution in [-0.2, 0) is 0 Å². The van der Waals surface area contributed by atoms with Crippen molar-refractivity contribution in [1.29, 1.82) is 0 Å². The maximum Gasteiger partial charge on any atom is 0.136 e.